The van der Waals surface area contributed by atoms with E-state index in [0.717, 1.165) is 17.5 Å². The van der Waals surface area contributed by atoms with Crippen molar-refractivity contribution in [2.45, 2.75) is 31.7 Å². The van der Waals surface area contributed by atoms with Crippen LogP contribution in [-0.4, -0.2) is 34.2 Å². The number of carbonyl (C=O) groups excluding carboxylic acids is 1. The number of alkyl halides is 3. The lowest BCUT2D eigenvalue weighted by molar-refractivity contribution is -0.199. The molecule has 0 fully saturated rings. The van der Waals surface area contributed by atoms with Gasteiger partial charge in [0.05, 0.1) is 17.6 Å². The summed E-state index contributed by atoms with van der Waals surface area (Å²) in [4.78, 5) is 35.1. The Labute approximate surface area is 185 Å². The van der Waals surface area contributed by atoms with E-state index in [9.17, 15) is 22.8 Å². The van der Waals surface area contributed by atoms with Gasteiger partial charge in [-0.25, -0.2) is 14.9 Å². The van der Waals surface area contributed by atoms with E-state index in [0.29, 0.717) is 5.39 Å². The van der Waals surface area contributed by atoms with Gasteiger partial charge >= 0.3 is 12.1 Å². The molecule has 1 N–H and O–H groups in total. The first-order valence-electron chi connectivity index (χ1n) is 9.98. The molecule has 0 saturated heterocycles. The number of aromatic amines is 1. The number of benzene rings is 2. The molecule has 0 aliphatic carbocycles. The van der Waals surface area contributed by atoms with Crippen molar-refractivity contribution in [1.29, 1.82) is 0 Å². The molecule has 2 heterocycles. The lowest BCUT2D eigenvalue weighted by Gasteiger charge is -2.37. The van der Waals surface area contributed by atoms with Gasteiger partial charge in [-0.1, -0.05) is 41.5 Å². The van der Waals surface area contributed by atoms with Crippen molar-refractivity contribution in [3.63, 3.8) is 0 Å². The molecule has 1 aromatic heterocycles. The molecule has 0 spiro atoms. The highest BCUT2D eigenvalue weighted by Crippen LogP contribution is 2.44. The summed E-state index contributed by atoms with van der Waals surface area (Å²) in [7, 11) is 0. The average molecular weight is 460 g/mol. The number of esters is 1. The topological polar surface area (TPSA) is 96.9 Å². The Morgan fingerprint density at radius 3 is 2.52 bits per heavy atom. The summed E-state index contributed by atoms with van der Waals surface area (Å²) in [5.74, 6) is -0.838. The van der Waals surface area contributed by atoms with Crippen LogP contribution in [0.5, 0.6) is 0 Å². The molecule has 11 heteroatoms. The zero-order chi connectivity index (χ0) is 23.8. The van der Waals surface area contributed by atoms with E-state index < -0.39 is 35.0 Å². The van der Waals surface area contributed by atoms with Crippen molar-refractivity contribution in [1.82, 2.24) is 15.3 Å². The van der Waals surface area contributed by atoms with Gasteiger partial charge in [-0.3, -0.25) is 4.79 Å². The molecule has 0 bridgehead atoms. The van der Waals surface area contributed by atoms with Crippen LogP contribution in [0.2, 0.25) is 0 Å². The summed E-state index contributed by atoms with van der Waals surface area (Å²) in [6.07, 6.45) is -5.04. The number of aromatic nitrogens is 2. The number of nitrogens with zero attached hydrogens (tertiary/aromatic N) is 3. The van der Waals surface area contributed by atoms with Gasteiger partial charge in [-0.2, -0.15) is 18.3 Å². The fraction of sp³-hybridized carbons (Fsp3) is 0.273. The number of nitrogens with one attached hydrogen (secondary N) is 1. The number of halogens is 3. The first-order valence-corrected chi connectivity index (χ1v) is 9.98. The van der Waals surface area contributed by atoms with Crippen molar-refractivity contribution < 1.29 is 27.5 Å². The number of fused-ring (bicyclic) bond motifs is 1. The molecule has 1 aliphatic rings. The van der Waals surface area contributed by atoms with Gasteiger partial charge in [0.1, 0.15) is 5.69 Å². The van der Waals surface area contributed by atoms with Crippen LogP contribution in [0.25, 0.3) is 10.8 Å². The van der Waals surface area contributed by atoms with Crippen molar-refractivity contribution in [3.8, 4) is 0 Å². The Hall–Kier alpha value is -3.73. The quantitative estimate of drug-likeness (QED) is 0.584. The number of ether oxygens (including phenoxy) is 1. The van der Waals surface area contributed by atoms with Crippen LogP contribution < -0.4 is 5.56 Å². The van der Waals surface area contributed by atoms with Gasteiger partial charge < -0.3 is 9.57 Å². The minimum absolute atomic E-state index is 0.00574. The van der Waals surface area contributed by atoms with Gasteiger partial charge in [0.15, 0.2) is 18.1 Å². The van der Waals surface area contributed by atoms with Crippen molar-refractivity contribution in [2.75, 3.05) is 6.61 Å². The van der Waals surface area contributed by atoms with E-state index in [1.54, 1.807) is 31.2 Å². The van der Waals surface area contributed by atoms with Crippen LogP contribution in [0, 0.1) is 0 Å². The number of hydrogen-bond acceptors (Lipinski definition) is 7. The highest BCUT2D eigenvalue weighted by Gasteiger charge is 2.53. The number of hydrogen-bond donors (Lipinski definition) is 1. The third-order valence-corrected chi connectivity index (χ3v) is 5.40. The lowest BCUT2D eigenvalue weighted by atomic mass is 9.91. The predicted molar refractivity (Wildman–Crippen MR) is 112 cm³/mol. The molecule has 8 nitrogen and oxygen atoms in total. The van der Waals surface area contributed by atoms with Crippen LogP contribution in [0.4, 0.5) is 13.2 Å². The third kappa shape index (κ3) is 3.74. The second kappa shape index (κ2) is 8.32. The standard InChI is InChI=1S/C22H19F3N4O4/c1-3-32-20(31)21(2,17-13-8-4-5-9-14(13)19(30)28-27-17)29-18(26-12-33-29)15-10-6-7-11-16(15)22(23,24)25/h4-12,18H,3H2,1-2H3,(H,28,30). The van der Waals surface area contributed by atoms with Crippen LogP contribution in [0.1, 0.15) is 36.8 Å². The summed E-state index contributed by atoms with van der Waals surface area (Å²) in [5.41, 5.74) is -3.47. The summed E-state index contributed by atoms with van der Waals surface area (Å²) < 4.78 is 46.4. The molecule has 33 heavy (non-hydrogen) atoms. The second-order valence-corrected chi connectivity index (χ2v) is 7.38. The maximum absolute atomic E-state index is 13.7. The number of aliphatic imine (C=N–C) groups is 1. The number of hydroxylamine groups is 2. The largest absolute Gasteiger partial charge is 0.464 e. The molecule has 0 radical (unpaired) electrons. The van der Waals surface area contributed by atoms with Crippen molar-refractivity contribution in [2.24, 2.45) is 4.99 Å². The smallest absolute Gasteiger partial charge is 0.416 e. The van der Waals surface area contributed by atoms with Crippen LogP contribution in [0.15, 0.2) is 58.3 Å². The number of H-pyrrole nitrogens is 1. The normalized spacial score (nSPS) is 18.2. The molecule has 2 aromatic carbocycles. The van der Waals surface area contributed by atoms with Gasteiger partial charge in [-0.15, -0.1) is 0 Å². The van der Waals surface area contributed by atoms with Crippen molar-refractivity contribution in [3.05, 3.63) is 75.7 Å². The predicted octanol–water partition coefficient (Wildman–Crippen LogP) is 3.69. The van der Waals surface area contributed by atoms with Gasteiger partial charge in [0.25, 0.3) is 5.56 Å². The van der Waals surface area contributed by atoms with Crippen LogP contribution in [-0.2, 0) is 26.1 Å². The van der Waals surface area contributed by atoms with Crippen LogP contribution in [0.3, 0.4) is 0 Å². The highest BCUT2D eigenvalue weighted by molar-refractivity contribution is 5.91. The van der Waals surface area contributed by atoms with E-state index in [1.807, 2.05) is 0 Å². The maximum atomic E-state index is 13.7. The minimum Gasteiger partial charge on any atom is -0.464 e. The Morgan fingerprint density at radius 1 is 1.15 bits per heavy atom. The van der Waals surface area contributed by atoms with E-state index in [2.05, 4.69) is 15.2 Å². The molecule has 172 valence electrons. The summed E-state index contributed by atoms with van der Waals surface area (Å²) in [6, 6.07) is 11.3. The summed E-state index contributed by atoms with van der Waals surface area (Å²) in [6.45, 7) is 2.98. The SMILES string of the molecule is CCOC(=O)C(C)(c1n[nH]c(=O)c2ccccc12)N1OC=NC1c1ccccc1C(F)(F)F. The zero-order valence-corrected chi connectivity index (χ0v) is 17.6. The molecule has 4 rings (SSSR count). The Kier molecular flexibility index (Phi) is 5.66. The molecule has 1 aliphatic heterocycles. The van der Waals surface area contributed by atoms with E-state index in [-0.39, 0.29) is 23.3 Å². The van der Waals surface area contributed by atoms with E-state index in [4.69, 9.17) is 9.57 Å². The van der Waals surface area contributed by atoms with E-state index >= 15 is 0 Å². The minimum atomic E-state index is -4.66. The molecular weight excluding hydrogens is 441 g/mol. The van der Waals surface area contributed by atoms with Gasteiger partial charge in [0, 0.05) is 10.9 Å². The van der Waals surface area contributed by atoms with E-state index in [1.165, 1.54) is 25.1 Å². The number of carbonyl (C=O) groups is 1. The fourth-order valence-corrected chi connectivity index (χ4v) is 3.84. The number of rotatable bonds is 5. The molecular formula is C22H19F3N4O4. The molecule has 0 amide bonds. The Bertz CT molecular complexity index is 1290. The van der Waals surface area contributed by atoms with Gasteiger partial charge in [0.2, 0.25) is 0 Å². The lowest BCUT2D eigenvalue weighted by Crippen LogP contribution is -2.51. The molecule has 2 atom stereocenters. The first-order chi connectivity index (χ1) is 15.7. The Balaban J connectivity index is 1.94. The summed E-state index contributed by atoms with van der Waals surface area (Å²) >= 11 is 0. The van der Waals surface area contributed by atoms with Crippen LogP contribution >= 0.6 is 0 Å². The zero-order valence-electron chi connectivity index (χ0n) is 17.6. The average Bonchev–Trinajstić information content (AvgIpc) is 3.29. The monoisotopic (exact) mass is 460 g/mol. The maximum Gasteiger partial charge on any atom is 0.416 e. The first kappa shape index (κ1) is 22.5. The third-order valence-electron chi connectivity index (χ3n) is 5.40. The van der Waals surface area contributed by atoms with Gasteiger partial charge in [-0.05, 0) is 26.0 Å². The second-order valence-electron chi connectivity index (χ2n) is 7.38. The summed E-state index contributed by atoms with van der Waals surface area (Å²) in [5, 5.41) is 7.99. The molecule has 3 aromatic rings. The van der Waals surface area contributed by atoms with Crippen molar-refractivity contribution >= 4 is 23.1 Å². The fourth-order valence-electron chi connectivity index (χ4n) is 3.84. The highest BCUT2D eigenvalue weighted by atomic mass is 19.4. The molecule has 2 unspecified atom stereocenters. The molecule has 0 saturated carbocycles. The Morgan fingerprint density at radius 2 is 1.82 bits per heavy atom.